The summed E-state index contributed by atoms with van der Waals surface area (Å²) in [5.41, 5.74) is 7.41. The van der Waals surface area contributed by atoms with E-state index in [0.29, 0.717) is 12.5 Å². The van der Waals surface area contributed by atoms with Crippen LogP contribution in [0.25, 0.3) is 0 Å². The zero-order chi connectivity index (χ0) is 14.5. The molecule has 2 N–H and O–H groups in total. The zero-order valence-corrected chi connectivity index (χ0v) is 12.3. The Labute approximate surface area is 119 Å². The van der Waals surface area contributed by atoms with Gasteiger partial charge >= 0.3 is 0 Å². The second-order valence-electron chi connectivity index (χ2n) is 6.25. The van der Waals surface area contributed by atoms with Crippen molar-refractivity contribution in [2.24, 2.45) is 11.7 Å². The van der Waals surface area contributed by atoms with Crippen LogP contribution in [0.4, 0.5) is 5.69 Å². The van der Waals surface area contributed by atoms with Gasteiger partial charge in [0, 0.05) is 12.6 Å². The lowest BCUT2D eigenvalue weighted by Crippen LogP contribution is -2.52. The van der Waals surface area contributed by atoms with E-state index >= 15 is 0 Å². The van der Waals surface area contributed by atoms with Gasteiger partial charge in [-0.25, -0.2) is 0 Å². The van der Waals surface area contributed by atoms with Crippen molar-refractivity contribution in [3.63, 3.8) is 0 Å². The van der Waals surface area contributed by atoms with Crippen LogP contribution in [0.2, 0.25) is 0 Å². The minimum absolute atomic E-state index is 0.00430. The molecule has 1 aliphatic carbocycles. The number of carbonyl (C=O) groups is 1. The molecule has 0 spiro atoms. The third kappa shape index (κ3) is 2.08. The third-order valence-electron chi connectivity index (χ3n) is 4.23. The smallest absolute Gasteiger partial charge is 0.270 e. The van der Waals surface area contributed by atoms with Crippen LogP contribution in [0, 0.1) is 5.92 Å². The van der Waals surface area contributed by atoms with Crippen molar-refractivity contribution in [3.05, 3.63) is 23.8 Å². The van der Waals surface area contributed by atoms with Crippen LogP contribution in [0.15, 0.2) is 18.2 Å². The molecule has 1 aromatic carbocycles. The van der Waals surface area contributed by atoms with Crippen LogP contribution >= 0.6 is 0 Å². The number of rotatable bonds is 3. The molecule has 4 heteroatoms. The molecule has 1 amide bonds. The SMILES string of the molecule is CCN1C(=O)C(C)(C)Oc2ccc(C(N)C3CC3)cc21. The van der Waals surface area contributed by atoms with E-state index in [2.05, 4.69) is 0 Å². The summed E-state index contributed by atoms with van der Waals surface area (Å²) in [4.78, 5) is 14.2. The van der Waals surface area contributed by atoms with Gasteiger partial charge in [-0.15, -0.1) is 0 Å². The van der Waals surface area contributed by atoms with Gasteiger partial charge in [0.25, 0.3) is 5.91 Å². The number of anilines is 1. The van der Waals surface area contributed by atoms with E-state index in [1.165, 1.54) is 12.8 Å². The van der Waals surface area contributed by atoms with Crippen LogP contribution < -0.4 is 15.4 Å². The van der Waals surface area contributed by atoms with E-state index in [4.69, 9.17) is 10.5 Å². The molecule has 1 aliphatic heterocycles. The Balaban J connectivity index is 2.01. The number of hydrogen-bond acceptors (Lipinski definition) is 3. The summed E-state index contributed by atoms with van der Waals surface area (Å²) < 4.78 is 5.84. The second-order valence-corrected chi connectivity index (χ2v) is 6.25. The predicted molar refractivity (Wildman–Crippen MR) is 78.8 cm³/mol. The molecule has 0 aromatic heterocycles. The van der Waals surface area contributed by atoms with Crippen LogP contribution in [0.3, 0.4) is 0 Å². The van der Waals surface area contributed by atoms with E-state index in [0.717, 1.165) is 17.0 Å². The molecular weight excluding hydrogens is 252 g/mol. The highest BCUT2D eigenvalue weighted by Gasteiger charge is 2.40. The summed E-state index contributed by atoms with van der Waals surface area (Å²) in [7, 11) is 0. The van der Waals surface area contributed by atoms with Gasteiger partial charge in [-0.3, -0.25) is 4.79 Å². The van der Waals surface area contributed by atoms with Crippen molar-refractivity contribution >= 4 is 11.6 Å². The standard InChI is InChI=1S/C16H22N2O2/c1-4-18-12-9-11(14(17)10-5-6-10)7-8-13(12)20-16(2,3)15(18)19/h7-10,14H,4-6,17H2,1-3H3. The van der Waals surface area contributed by atoms with Crippen molar-refractivity contribution in [1.82, 2.24) is 0 Å². The quantitative estimate of drug-likeness (QED) is 0.921. The van der Waals surface area contributed by atoms with Gasteiger partial charge in [0.05, 0.1) is 5.69 Å². The van der Waals surface area contributed by atoms with Gasteiger partial charge in [0.15, 0.2) is 5.60 Å². The summed E-state index contributed by atoms with van der Waals surface area (Å²) in [6, 6.07) is 6.07. The molecule has 1 fully saturated rings. The van der Waals surface area contributed by atoms with Crippen molar-refractivity contribution in [2.45, 2.75) is 45.3 Å². The minimum Gasteiger partial charge on any atom is -0.476 e. The lowest BCUT2D eigenvalue weighted by atomic mass is 9.99. The molecule has 20 heavy (non-hydrogen) atoms. The van der Waals surface area contributed by atoms with Crippen molar-refractivity contribution in [3.8, 4) is 5.75 Å². The maximum absolute atomic E-state index is 12.4. The first kappa shape index (κ1) is 13.4. The van der Waals surface area contributed by atoms with E-state index in [-0.39, 0.29) is 11.9 Å². The number of hydrogen-bond donors (Lipinski definition) is 1. The van der Waals surface area contributed by atoms with E-state index < -0.39 is 5.60 Å². The number of carbonyl (C=O) groups excluding carboxylic acids is 1. The monoisotopic (exact) mass is 274 g/mol. The van der Waals surface area contributed by atoms with Crippen molar-refractivity contribution < 1.29 is 9.53 Å². The van der Waals surface area contributed by atoms with E-state index in [1.54, 1.807) is 4.90 Å². The first-order chi connectivity index (χ1) is 9.44. The maximum atomic E-state index is 12.4. The molecule has 1 saturated carbocycles. The van der Waals surface area contributed by atoms with E-state index in [9.17, 15) is 4.79 Å². The Morgan fingerprint density at radius 2 is 2.15 bits per heavy atom. The molecule has 1 unspecified atom stereocenters. The van der Waals surface area contributed by atoms with E-state index in [1.807, 2.05) is 39.0 Å². The maximum Gasteiger partial charge on any atom is 0.270 e. The predicted octanol–water partition coefficient (Wildman–Crippen LogP) is 2.62. The van der Waals surface area contributed by atoms with Crippen molar-refractivity contribution in [1.29, 1.82) is 0 Å². The lowest BCUT2D eigenvalue weighted by molar-refractivity contribution is -0.132. The number of benzene rings is 1. The number of ether oxygens (including phenoxy) is 1. The van der Waals surface area contributed by atoms with Gasteiger partial charge in [-0.05, 0) is 57.2 Å². The molecule has 0 bridgehead atoms. The Hall–Kier alpha value is -1.55. The van der Waals surface area contributed by atoms with Gasteiger partial charge in [-0.1, -0.05) is 6.07 Å². The fraction of sp³-hybridized carbons (Fsp3) is 0.562. The van der Waals surface area contributed by atoms with Crippen LogP contribution in [-0.2, 0) is 4.79 Å². The normalized spacial score (nSPS) is 22.2. The average Bonchev–Trinajstić information content (AvgIpc) is 3.23. The molecule has 1 atom stereocenters. The average molecular weight is 274 g/mol. The third-order valence-corrected chi connectivity index (χ3v) is 4.23. The topological polar surface area (TPSA) is 55.6 Å². The van der Waals surface area contributed by atoms with Crippen LogP contribution in [0.5, 0.6) is 5.75 Å². The molecule has 108 valence electrons. The van der Waals surface area contributed by atoms with Gasteiger partial charge in [-0.2, -0.15) is 0 Å². The highest BCUT2D eigenvalue weighted by molar-refractivity contribution is 6.02. The fourth-order valence-electron chi connectivity index (χ4n) is 2.83. The molecular formula is C16H22N2O2. The van der Waals surface area contributed by atoms with Crippen molar-refractivity contribution in [2.75, 3.05) is 11.4 Å². The minimum atomic E-state index is -0.802. The lowest BCUT2D eigenvalue weighted by Gasteiger charge is -2.38. The molecule has 1 heterocycles. The number of fused-ring (bicyclic) bond motifs is 1. The Bertz CT molecular complexity index is 549. The molecule has 3 rings (SSSR count). The summed E-state index contributed by atoms with van der Waals surface area (Å²) in [5.74, 6) is 1.37. The first-order valence-electron chi connectivity index (χ1n) is 7.34. The number of nitrogens with zero attached hydrogens (tertiary/aromatic N) is 1. The molecule has 0 saturated heterocycles. The highest BCUT2D eigenvalue weighted by Crippen LogP contribution is 2.43. The summed E-state index contributed by atoms with van der Waals surface area (Å²) in [5, 5.41) is 0. The number of nitrogens with two attached hydrogens (primary N) is 1. The van der Waals surface area contributed by atoms with Crippen LogP contribution in [0.1, 0.15) is 45.2 Å². The highest BCUT2D eigenvalue weighted by atomic mass is 16.5. The number of amides is 1. The Kier molecular flexibility index (Phi) is 3.01. The first-order valence-corrected chi connectivity index (χ1v) is 7.34. The Morgan fingerprint density at radius 1 is 1.45 bits per heavy atom. The molecule has 0 radical (unpaired) electrons. The fourth-order valence-corrected chi connectivity index (χ4v) is 2.83. The van der Waals surface area contributed by atoms with Gasteiger partial charge in [0.1, 0.15) is 5.75 Å². The largest absolute Gasteiger partial charge is 0.476 e. The summed E-state index contributed by atoms with van der Waals surface area (Å²) in [6.45, 7) is 6.24. The summed E-state index contributed by atoms with van der Waals surface area (Å²) in [6.07, 6.45) is 2.41. The summed E-state index contributed by atoms with van der Waals surface area (Å²) >= 11 is 0. The molecule has 2 aliphatic rings. The Morgan fingerprint density at radius 3 is 2.75 bits per heavy atom. The van der Waals surface area contributed by atoms with Gasteiger partial charge < -0.3 is 15.4 Å². The van der Waals surface area contributed by atoms with Crippen LogP contribution in [-0.4, -0.2) is 18.1 Å². The molecule has 4 nitrogen and oxygen atoms in total. The second kappa shape index (κ2) is 4.48. The number of likely N-dealkylation sites (N-methyl/N-ethyl adjacent to an activating group) is 1. The molecule has 1 aromatic rings. The zero-order valence-electron chi connectivity index (χ0n) is 12.3. The van der Waals surface area contributed by atoms with Gasteiger partial charge in [0.2, 0.25) is 0 Å².